The Balaban J connectivity index is 2.29. The number of aromatic nitrogens is 2. The monoisotopic (exact) mass is 358 g/mol. The van der Waals surface area contributed by atoms with Crippen molar-refractivity contribution in [3.05, 3.63) is 50.6 Å². The summed E-state index contributed by atoms with van der Waals surface area (Å²) in [5, 5.41) is 5.78. The highest BCUT2D eigenvalue weighted by molar-refractivity contribution is 7.91. The molecule has 0 atom stereocenters. The summed E-state index contributed by atoms with van der Waals surface area (Å²) in [6, 6.07) is 6.02. The van der Waals surface area contributed by atoms with Gasteiger partial charge in [-0.3, -0.25) is 5.10 Å². The van der Waals surface area contributed by atoms with Crippen LogP contribution in [0.25, 0.3) is 6.08 Å². The minimum Gasteiger partial charge on any atom is -0.265 e. The van der Waals surface area contributed by atoms with Gasteiger partial charge in [-0.15, -0.1) is 0 Å². The summed E-state index contributed by atoms with van der Waals surface area (Å²) >= 11 is 11.6. The second-order valence-electron chi connectivity index (χ2n) is 5.27. The van der Waals surface area contributed by atoms with Gasteiger partial charge in [0.1, 0.15) is 10.2 Å². The second-order valence-corrected chi connectivity index (χ2v) is 7.93. The molecule has 4 nitrogen and oxygen atoms in total. The van der Waals surface area contributed by atoms with Gasteiger partial charge in [-0.2, -0.15) is 5.10 Å². The van der Waals surface area contributed by atoms with E-state index in [-0.39, 0.29) is 21.0 Å². The molecule has 1 aromatic heterocycles. The van der Waals surface area contributed by atoms with Gasteiger partial charge in [0, 0.05) is 0 Å². The summed E-state index contributed by atoms with van der Waals surface area (Å²) in [6.45, 7) is 5.77. The quantitative estimate of drug-likeness (QED) is 0.889. The second kappa shape index (κ2) is 6.44. The van der Waals surface area contributed by atoms with E-state index in [9.17, 15) is 8.42 Å². The molecule has 0 aliphatic carbocycles. The Kier molecular flexibility index (Phi) is 5.00. The van der Waals surface area contributed by atoms with Crippen molar-refractivity contribution in [1.29, 1.82) is 0 Å². The number of aromatic amines is 1. The van der Waals surface area contributed by atoms with E-state index in [1.54, 1.807) is 6.92 Å². The number of H-pyrrole nitrogens is 1. The molecule has 22 heavy (non-hydrogen) atoms. The van der Waals surface area contributed by atoms with Crippen LogP contribution in [0.15, 0.2) is 28.8 Å². The van der Waals surface area contributed by atoms with E-state index in [0.29, 0.717) is 5.57 Å². The first-order valence-electron chi connectivity index (χ1n) is 6.57. The molecule has 1 aromatic carbocycles. The zero-order chi connectivity index (χ0) is 16.5. The van der Waals surface area contributed by atoms with Crippen LogP contribution in [-0.4, -0.2) is 24.4 Å². The highest BCUT2D eigenvalue weighted by Gasteiger charge is 2.24. The number of aryl methyl sites for hydroxylation is 2. The fourth-order valence-corrected chi connectivity index (χ4v) is 4.17. The van der Waals surface area contributed by atoms with Gasteiger partial charge < -0.3 is 0 Å². The van der Waals surface area contributed by atoms with Crippen molar-refractivity contribution in [2.24, 2.45) is 0 Å². The maximum atomic E-state index is 12.3. The van der Waals surface area contributed by atoms with E-state index in [1.807, 2.05) is 32.1 Å². The summed E-state index contributed by atoms with van der Waals surface area (Å²) in [4.78, 5) is 0. The largest absolute Gasteiger partial charge is 0.265 e. The highest BCUT2D eigenvalue weighted by atomic mass is 35.5. The standard InChI is InChI=1S/C15H16Cl2N2O2S/c1-9-4-5-12(11(3)6-9)7-10(2)8-22(20,21)15-13(16)14(17)18-19-15/h4-7H,8H2,1-3H3,(H,18,19). The summed E-state index contributed by atoms with van der Waals surface area (Å²) in [5.74, 6) is -0.165. The molecule has 0 unspecified atom stereocenters. The lowest BCUT2D eigenvalue weighted by molar-refractivity contribution is 0.594. The van der Waals surface area contributed by atoms with Crippen LogP contribution in [0.3, 0.4) is 0 Å². The number of halogens is 2. The van der Waals surface area contributed by atoms with Gasteiger partial charge in [-0.05, 0) is 31.9 Å². The Morgan fingerprint density at radius 1 is 1.32 bits per heavy atom. The van der Waals surface area contributed by atoms with Gasteiger partial charge >= 0.3 is 0 Å². The fourth-order valence-electron chi connectivity index (χ4n) is 2.16. The van der Waals surface area contributed by atoms with Gasteiger partial charge in [0.2, 0.25) is 9.84 Å². The topological polar surface area (TPSA) is 62.8 Å². The van der Waals surface area contributed by atoms with Crippen molar-refractivity contribution in [2.45, 2.75) is 25.8 Å². The lowest BCUT2D eigenvalue weighted by atomic mass is 10.0. The van der Waals surface area contributed by atoms with Gasteiger partial charge in [-0.1, -0.05) is 58.6 Å². The third-order valence-electron chi connectivity index (χ3n) is 3.18. The van der Waals surface area contributed by atoms with Crippen molar-refractivity contribution < 1.29 is 8.42 Å². The molecule has 0 spiro atoms. The Morgan fingerprint density at radius 3 is 2.55 bits per heavy atom. The molecule has 0 aliphatic rings. The molecule has 0 saturated heterocycles. The normalized spacial score (nSPS) is 12.7. The first-order valence-corrected chi connectivity index (χ1v) is 8.98. The Hall–Kier alpha value is -1.30. The van der Waals surface area contributed by atoms with Crippen LogP contribution in [0.2, 0.25) is 10.2 Å². The first-order chi connectivity index (χ1) is 10.2. The van der Waals surface area contributed by atoms with Crippen LogP contribution in [0.5, 0.6) is 0 Å². The smallest absolute Gasteiger partial charge is 0.202 e. The summed E-state index contributed by atoms with van der Waals surface area (Å²) in [5.41, 5.74) is 3.95. The van der Waals surface area contributed by atoms with Gasteiger partial charge in [0.25, 0.3) is 0 Å². The van der Waals surface area contributed by atoms with Gasteiger partial charge in [-0.25, -0.2) is 8.42 Å². The zero-order valence-corrected chi connectivity index (χ0v) is 14.8. The molecule has 0 saturated carbocycles. The van der Waals surface area contributed by atoms with Crippen molar-refractivity contribution in [1.82, 2.24) is 10.2 Å². The van der Waals surface area contributed by atoms with Crippen LogP contribution in [-0.2, 0) is 9.84 Å². The average Bonchev–Trinajstić information content (AvgIpc) is 2.73. The van der Waals surface area contributed by atoms with Crippen LogP contribution in [0, 0.1) is 13.8 Å². The SMILES string of the molecule is CC(=Cc1ccc(C)cc1C)CS(=O)(=O)c1n[nH]c(Cl)c1Cl. The number of nitrogens with one attached hydrogen (secondary N) is 1. The van der Waals surface area contributed by atoms with Crippen molar-refractivity contribution in [3.8, 4) is 0 Å². The Bertz CT molecular complexity index is 839. The number of rotatable bonds is 4. The molecule has 118 valence electrons. The fraction of sp³-hybridized carbons (Fsp3) is 0.267. The molecule has 2 aromatic rings. The average molecular weight is 359 g/mol. The van der Waals surface area contributed by atoms with E-state index in [4.69, 9.17) is 23.2 Å². The molecule has 1 heterocycles. The highest BCUT2D eigenvalue weighted by Crippen LogP contribution is 2.28. The van der Waals surface area contributed by atoms with E-state index in [2.05, 4.69) is 16.3 Å². The molecule has 0 amide bonds. The number of hydrogen-bond acceptors (Lipinski definition) is 3. The maximum Gasteiger partial charge on any atom is 0.202 e. The van der Waals surface area contributed by atoms with Crippen molar-refractivity contribution in [2.75, 3.05) is 5.75 Å². The molecule has 0 fully saturated rings. The minimum absolute atomic E-state index is 0.0243. The van der Waals surface area contributed by atoms with Crippen LogP contribution >= 0.6 is 23.2 Å². The summed E-state index contributed by atoms with van der Waals surface area (Å²) in [6.07, 6.45) is 1.86. The van der Waals surface area contributed by atoms with Crippen LogP contribution < -0.4 is 0 Å². The van der Waals surface area contributed by atoms with E-state index in [1.165, 1.54) is 0 Å². The number of nitrogens with zero attached hydrogens (tertiary/aromatic N) is 1. The minimum atomic E-state index is -3.64. The number of hydrogen-bond donors (Lipinski definition) is 1. The Morgan fingerprint density at radius 2 is 2.00 bits per heavy atom. The van der Waals surface area contributed by atoms with Gasteiger partial charge in [0.05, 0.1) is 5.75 Å². The number of sulfone groups is 1. The summed E-state index contributed by atoms with van der Waals surface area (Å²) < 4.78 is 24.7. The van der Waals surface area contributed by atoms with Crippen molar-refractivity contribution >= 4 is 39.1 Å². The molecule has 0 aliphatic heterocycles. The predicted octanol–water partition coefficient (Wildman–Crippen LogP) is 4.21. The van der Waals surface area contributed by atoms with E-state index >= 15 is 0 Å². The van der Waals surface area contributed by atoms with E-state index < -0.39 is 9.84 Å². The third kappa shape index (κ3) is 3.72. The first kappa shape index (κ1) is 17.1. The van der Waals surface area contributed by atoms with Crippen LogP contribution in [0.4, 0.5) is 0 Å². The Labute approximate surface area is 140 Å². The molecule has 1 N–H and O–H groups in total. The lowest BCUT2D eigenvalue weighted by Gasteiger charge is -2.06. The summed E-state index contributed by atoms with van der Waals surface area (Å²) in [7, 11) is -3.64. The molecular weight excluding hydrogens is 343 g/mol. The molecule has 2 rings (SSSR count). The lowest BCUT2D eigenvalue weighted by Crippen LogP contribution is -2.09. The molecule has 0 bridgehead atoms. The molecule has 0 radical (unpaired) electrons. The van der Waals surface area contributed by atoms with E-state index in [0.717, 1.165) is 16.7 Å². The van der Waals surface area contributed by atoms with Crippen LogP contribution in [0.1, 0.15) is 23.6 Å². The molecular formula is C15H16Cl2N2O2S. The number of benzene rings is 1. The van der Waals surface area contributed by atoms with Gasteiger partial charge in [0.15, 0.2) is 5.03 Å². The third-order valence-corrected chi connectivity index (χ3v) is 5.75. The predicted molar refractivity (Wildman–Crippen MR) is 90.2 cm³/mol. The zero-order valence-electron chi connectivity index (χ0n) is 12.4. The maximum absolute atomic E-state index is 12.3. The van der Waals surface area contributed by atoms with Crippen molar-refractivity contribution in [3.63, 3.8) is 0 Å². The molecule has 7 heteroatoms.